The van der Waals surface area contributed by atoms with Crippen molar-refractivity contribution in [3.63, 3.8) is 0 Å². The summed E-state index contributed by atoms with van der Waals surface area (Å²) in [6.45, 7) is 5.72. The predicted molar refractivity (Wildman–Crippen MR) is 55.8 cm³/mol. The van der Waals surface area contributed by atoms with Crippen LogP contribution in [0.2, 0.25) is 0 Å². The maximum Gasteiger partial charge on any atom is 0.335 e. The van der Waals surface area contributed by atoms with Gasteiger partial charge in [-0.2, -0.15) is 0 Å². The summed E-state index contributed by atoms with van der Waals surface area (Å²) in [7, 11) is 0. The van der Waals surface area contributed by atoms with E-state index < -0.39 is 17.8 Å². The number of nitrogens with zero attached hydrogens (tertiary/aromatic N) is 1. The molecule has 0 saturated carbocycles. The van der Waals surface area contributed by atoms with E-state index in [2.05, 4.69) is 0 Å². The predicted octanol–water partition coefficient (Wildman–Crippen LogP) is 1.28. The molecule has 0 aromatic carbocycles. The lowest BCUT2D eigenvalue weighted by Gasteiger charge is -2.17. The Bertz CT molecular complexity index is 295. The Balaban J connectivity index is 2.50. The summed E-state index contributed by atoms with van der Waals surface area (Å²) in [5, 5.41) is 0.596. The zero-order valence-corrected chi connectivity index (χ0v) is 9.86. The molecule has 0 aromatic heterocycles. The van der Waals surface area contributed by atoms with Gasteiger partial charge in [-0.05, 0) is 12.3 Å². The maximum absolute atomic E-state index is 11.6. The molecule has 0 spiro atoms. The highest BCUT2D eigenvalue weighted by Gasteiger charge is 2.33. The zero-order valence-electron chi connectivity index (χ0n) is 9.86. The van der Waals surface area contributed by atoms with Crippen molar-refractivity contribution in [1.29, 1.82) is 0 Å². The topological polar surface area (TPSA) is 63.7 Å². The first-order valence-corrected chi connectivity index (χ1v) is 5.49. The van der Waals surface area contributed by atoms with Crippen molar-refractivity contribution in [2.45, 2.75) is 40.0 Å². The summed E-state index contributed by atoms with van der Waals surface area (Å²) >= 11 is 0. The molecule has 0 N–H and O–H groups in total. The van der Waals surface area contributed by atoms with Gasteiger partial charge in [0.05, 0.1) is 5.92 Å². The van der Waals surface area contributed by atoms with Gasteiger partial charge in [0.1, 0.15) is 0 Å². The van der Waals surface area contributed by atoms with Crippen LogP contribution in [0.3, 0.4) is 0 Å². The molecule has 1 aliphatic rings. The molecule has 0 unspecified atom stereocenters. The van der Waals surface area contributed by atoms with Crippen LogP contribution in [0.4, 0.5) is 0 Å². The quantitative estimate of drug-likeness (QED) is 0.678. The summed E-state index contributed by atoms with van der Waals surface area (Å²) in [6.07, 6.45) is 0.935. The van der Waals surface area contributed by atoms with Gasteiger partial charge < -0.3 is 4.84 Å². The summed E-state index contributed by atoms with van der Waals surface area (Å²) in [6, 6.07) is 0. The molecule has 5 nitrogen and oxygen atoms in total. The van der Waals surface area contributed by atoms with Crippen LogP contribution in [0.1, 0.15) is 40.0 Å². The number of amides is 2. The lowest BCUT2D eigenvalue weighted by atomic mass is 9.99. The molecule has 1 saturated heterocycles. The molecule has 0 bridgehead atoms. The molecule has 0 aliphatic carbocycles. The summed E-state index contributed by atoms with van der Waals surface area (Å²) in [5.41, 5.74) is 0. The van der Waals surface area contributed by atoms with Gasteiger partial charge >= 0.3 is 5.97 Å². The normalized spacial score (nSPS) is 18.1. The molecule has 0 radical (unpaired) electrons. The number of hydrogen-bond acceptors (Lipinski definition) is 4. The summed E-state index contributed by atoms with van der Waals surface area (Å²) in [4.78, 5) is 38.7. The van der Waals surface area contributed by atoms with E-state index in [9.17, 15) is 14.4 Å². The SMILES string of the molecule is CC(C)C[C@@H](C)C(=O)ON1C(=O)CCC1=O. The molecule has 5 heteroatoms. The van der Waals surface area contributed by atoms with E-state index in [0.717, 1.165) is 0 Å². The monoisotopic (exact) mass is 227 g/mol. The molecule has 90 valence electrons. The van der Waals surface area contributed by atoms with Crippen molar-refractivity contribution in [2.24, 2.45) is 11.8 Å². The standard InChI is InChI=1S/C11H17NO4/c1-7(2)6-8(3)11(15)16-12-9(13)4-5-10(12)14/h7-8H,4-6H2,1-3H3/t8-/m1/s1. The lowest BCUT2D eigenvalue weighted by Crippen LogP contribution is -2.34. The fraction of sp³-hybridized carbons (Fsp3) is 0.727. The van der Waals surface area contributed by atoms with Crippen molar-refractivity contribution in [3.05, 3.63) is 0 Å². The Kier molecular flexibility index (Phi) is 4.04. The van der Waals surface area contributed by atoms with Crippen molar-refractivity contribution >= 4 is 17.8 Å². The highest BCUT2D eigenvalue weighted by Crippen LogP contribution is 2.17. The number of carbonyl (C=O) groups excluding carboxylic acids is 3. The number of hydroxylamine groups is 2. The summed E-state index contributed by atoms with van der Waals surface area (Å²) < 4.78 is 0. The van der Waals surface area contributed by atoms with Gasteiger partial charge in [-0.1, -0.05) is 20.8 Å². The Labute approximate surface area is 94.7 Å². The van der Waals surface area contributed by atoms with Gasteiger partial charge in [0.2, 0.25) is 0 Å². The van der Waals surface area contributed by atoms with E-state index in [1.807, 2.05) is 13.8 Å². The van der Waals surface area contributed by atoms with E-state index in [-0.39, 0.29) is 18.8 Å². The van der Waals surface area contributed by atoms with Crippen LogP contribution < -0.4 is 0 Å². The minimum atomic E-state index is -0.516. The maximum atomic E-state index is 11.6. The minimum absolute atomic E-state index is 0.130. The molecule has 1 heterocycles. The van der Waals surface area contributed by atoms with Crippen molar-refractivity contribution in [1.82, 2.24) is 5.06 Å². The Hall–Kier alpha value is -1.39. The second kappa shape index (κ2) is 5.09. The molecule has 16 heavy (non-hydrogen) atoms. The first-order valence-electron chi connectivity index (χ1n) is 5.49. The molecular weight excluding hydrogens is 210 g/mol. The van der Waals surface area contributed by atoms with Crippen molar-refractivity contribution in [3.8, 4) is 0 Å². The van der Waals surface area contributed by atoms with E-state index in [1.165, 1.54) is 0 Å². The average molecular weight is 227 g/mol. The van der Waals surface area contributed by atoms with Crippen LogP contribution in [-0.4, -0.2) is 22.8 Å². The Morgan fingerprint density at radius 1 is 1.25 bits per heavy atom. The number of rotatable bonds is 4. The van der Waals surface area contributed by atoms with Gasteiger partial charge in [0.25, 0.3) is 11.8 Å². The third kappa shape index (κ3) is 3.05. The Morgan fingerprint density at radius 2 is 1.75 bits per heavy atom. The highest BCUT2D eigenvalue weighted by molar-refractivity contribution is 6.01. The molecule has 1 atom stereocenters. The van der Waals surface area contributed by atoms with Crippen molar-refractivity contribution in [2.75, 3.05) is 0 Å². The second-order valence-electron chi connectivity index (χ2n) is 4.52. The van der Waals surface area contributed by atoms with E-state index in [1.54, 1.807) is 6.92 Å². The van der Waals surface area contributed by atoms with Crippen molar-refractivity contribution < 1.29 is 19.2 Å². The molecule has 1 rings (SSSR count). The van der Waals surface area contributed by atoms with E-state index in [4.69, 9.17) is 4.84 Å². The smallest absolute Gasteiger partial charge is 0.330 e. The van der Waals surface area contributed by atoms with Gasteiger partial charge in [-0.25, -0.2) is 4.79 Å². The van der Waals surface area contributed by atoms with Gasteiger partial charge in [0.15, 0.2) is 0 Å². The Morgan fingerprint density at radius 3 is 2.19 bits per heavy atom. The summed E-state index contributed by atoms with van der Waals surface area (Å²) in [5.74, 6) is -1.32. The highest BCUT2D eigenvalue weighted by atomic mass is 16.7. The first kappa shape index (κ1) is 12.7. The van der Waals surface area contributed by atoms with E-state index >= 15 is 0 Å². The fourth-order valence-electron chi connectivity index (χ4n) is 1.64. The first-order chi connectivity index (χ1) is 7.41. The van der Waals surface area contributed by atoms with Gasteiger partial charge in [0, 0.05) is 12.8 Å². The molecule has 0 aromatic rings. The number of hydrogen-bond donors (Lipinski definition) is 0. The van der Waals surface area contributed by atoms with Crippen LogP contribution in [0, 0.1) is 11.8 Å². The average Bonchev–Trinajstić information content (AvgIpc) is 2.48. The lowest BCUT2D eigenvalue weighted by molar-refractivity contribution is -0.200. The van der Waals surface area contributed by atoms with Crippen LogP contribution in [0.25, 0.3) is 0 Å². The fourth-order valence-corrected chi connectivity index (χ4v) is 1.64. The molecule has 2 amide bonds. The molecular formula is C11H17NO4. The minimum Gasteiger partial charge on any atom is -0.330 e. The van der Waals surface area contributed by atoms with Gasteiger partial charge in [-0.15, -0.1) is 5.06 Å². The molecule has 1 aliphatic heterocycles. The van der Waals surface area contributed by atoms with Crippen LogP contribution >= 0.6 is 0 Å². The van der Waals surface area contributed by atoms with E-state index in [0.29, 0.717) is 17.4 Å². The van der Waals surface area contributed by atoms with Gasteiger partial charge in [-0.3, -0.25) is 9.59 Å². The number of carbonyl (C=O) groups is 3. The third-order valence-corrected chi connectivity index (χ3v) is 2.41. The van der Waals surface area contributed by atoms with Crippen LogP contribution in [-0.2, 0) is 19.2 Å². The number of imide groups is 1. The third-order valence-electron chi connectivity index (χ3n) is 2.41. The largest absolute Gasteiger partial charge is 0.335 e. The molecule has 1 fully saturated rings. The van der Waals surface area contributed by atoms with Crippen LogP contribution in [0.5, 0.6) is 0 Å². The second-order valence-corrected chi connectivity index (χ2v) is 4.52. The zero-order chi connectivity index (χ0) is 12.3. The van der Waals surface area contributed by atoms with Crippen LogP contribution in [0.15, 0.2) is 0 Å².